The van der Waals surface area contributed by atoms with E-state index >= 15 is 0 Å². The first-order chi connectivity index (χ1) is 13.3. The molecule has 0 atom stereocenters. The lowest BCUT2D eigenvalue weighted by atomic mass is 9.92. The third-order valence-electron chi connectivity index (χ3n) is 4.30. The lowest BCUT2D eigenvalue weighted by Gasteiger charge is -2.13. The van der Waals surface area contributed by atoms with Gasteiger partial charge in [-0.15, -0.1) is 0 Å². The zero-order chi connectivity index (χ0) is 19.9. The quantitative estimate of drug-likeness (QED) is 0.551. The van der Waals surface area contributed by atoms with Gasteiger partial charge in [-0.25, -0.2) is 18.4 Å². The number of aromatic amines is 1. The van der Waals surface area contributed by atoms with Gasteiger partial charge in [-0.05, 0) is 12.1 Å². The molecule has 9 heteroatoms. The van der Waals surface area contributed by atoms with Gasteiger partial charge in [0, 0.05) is 41.0 Å². The van der Waals surface area contributed by atoms with Gasteiger partial charge in [0.1, 0.15) is 10.7 Å². The Morgan fingerprint density at radius 2 is 1.79 bits per heavy atom. The Balaban J connectivity index is 1.81. The van der Waals surface area contributed by atoms with Crippen molar-refractivity contribution in [3.05, 3.63) is 60.7 Å². The monoisotopic (exact) mass is 396 g/mol. The van der Waals surface area contributed by atoms with Crippen molar-refractivity contribution >= 4 is 26.7 Å². The molecule has 4 aromatic rings. The normalized spacial score (nSPS) is 12.4. The number of nitrogens with one attached hydrogen (secondary N) is 2. The van der Waals surface area contributed by atoms with Crippen molar-refractivity contribution < 1.29 is 8.42 Å². The van der Waals surface area contributed by atoms with E-state index < -0.39 is 10.0 Å². The number of benzene rings is 1. The molecular formula is C19H20N6O2S. The van der Waals surface area contributed by atoms with Crippen LogP contribution in [0.2, 0.25) is 0 Å². The van der Waals surface area contributed by atoms with E-state index in [1.54, 1.807) is 36.7 Å². The molecule has 0 unspecified atom stereocenters. The van der Waals surface area contributed by atoms with Gasteiger partial charge in [-0.1, -0.05) is 39.0 Å². The summed E-state index contributed by atoms with van der Waals surface area (Å²) < 4.78 is 30.3. The van der Waals surface area contributed by atoms with Crippen LogP contribution in [0.4, 0.5) is 5.82 Å². The summed E-state index contributed by atoms with van der Waals surface area (Å²) in [6.45, 7) is 6.01. The predicted molar refractivity (Wildman–Crippen MR) is 107 cm³/mol. The molecular weight excluding hydrogens is 376 g/mol. The van der Waals surface area contributed by atoms with Gasteiger partial charge in [-0.2, -0.15) is 9.78 Å². The van der Waals surface area contributed by atoms with E-state index in [2.05, 4.69) is 24.8 Å². The third-order valence-corrected chi connectivity index (χ3v) is 5.69. The molecule has 0 amide bonds. The molecule has 3 heterocycles. The first kappa shape index (κ1) is 18.2. The molecule has 1 aromatic carbocycles. The average Bonchev–Trinajstić information content (AvgIpc) is 3.26. The Bertz CT molecular complexity index is 1240. The van der Waals surface area contributed by atoms with Gasteiger partial charge < -0.3 is 4.98 Å². The highest BCUT2D eigenvalue weighted by Crippen LogP contribution is 2.28. The van der Waals surface area contributed by atoms with Crippen molar-refractivity contribution in [3.8, 4) is 5.95 Å². The summed E-state index contributed by atoms with van der Waals surface area (Å²) in [7, 11) is -3.86. The zero-order valence-corrected chi connectivity index (χ0v) is 16.5. The second-order valence-electron chi connectivity index (χ2n) is 7.43. The van der Waals surface area contributed by atoms with E-state index in [1.165, 1.54) is 10.9 Å². The molecule has 2 N–H and O–H groups in total. The van der Waals surface area contributed by atoms with Crippen molar-refractivity contribution in [2.75, 3.05) is 4.72 Å². The zero-order valence-electron chi connectivity index (χ0n) is 15.7. The van der Waals surface area contributed by atoms with Crippen LogP contribution in [0.1, 0.15) is 26.5 Å². The van der Waals surface area contributed by atoms with Gasteiger partial charge >= 0.3 is 0 Å². The number of hydrogen-bond acceptors (Lipinski definition) is 5. The third kappa shape index (κ3) is 3.24. The molecule has 8 nitrogen and oxygen atoms in total. The van der Waals surface area contributed by atoms with Gasteiger partial charge in [0.25, 0.3) is 16.0 Å². The number of hydrogen-bond donors (Lipinski definition) is 2. The number of sulfonamides is 1. The summed E-state index contributed by atoms with van der Waals surface area (Å²) in [4.78, 5) is 11.6. The molecule has 0 aliphatic rings. The minimum Gasteiger partial charge on any atom is -0.360 e. The van der Waals surface area contributed by atoms with E-state index in [1.807, 2.05) is 32.9 Å². The minimum absolute atomic E-state index is 0.169. The number of rotatable bonds is 4. The Morgan fingerprint density at radius 1 is 1.07 bits per heavy atom. The molecule has 28 heavy (non-hydrogen) atoms. The maximum absolute atomic E-state index is 13.1. The van der Waals surface area contributed by atoms with Crippen LogP contribution in [0, 0.1) is 0 Å². The molecule has 0 bridgehead atoms. The number of aromatic nitrogens is 5. The summed E-state index contributed by atoms with van der Waals surface area (Å²) in [5, 5.41) is 5.16. The molecule has 0 aliphatic carbocycles. The second-order valence-corrected chi connectivity index (χ2v) is 9.08. The molecule has 0 aliphatic heterocycles. The highest BCUT2D eigenvalue weighted by Gasteiger charge is 2.25. The molecule has 3 aromatic heterocycles. The van der Waals surface area contributed by atoms with Gasteiger partial charge in [0.2, 0.25) is 0 Å². The molecule has 0 saturated carbocycles. The molecule has 4 rings (SSSR count). The van der Waals surface area contributed by atoms with Crippen LogP contribution in [-0.4, -0.2) is 33.2 Å². The van der Waals surface area contributed by atoms with E-state index in [9.17, 15) is 8.42 Å². The van der Waals surface area contributed by atoms with Crippen LogP contribution >= 0.6 is 0 Å². The van der Waals surface area contributed by atoms with Crippen molar-refractivity contribution in [1.29, 1.82) is 0 Å². The Labute approximate surface area is 162 Å². The molecule has 0 saturated heterocycles. The number of nitrogens with zero attached hydrogens (tertiary/aromatic N) is 4. The standard InChI is InChI=1S/C19H20N6O2S/c1-19(2,3)16-11-17(25(23-16)18-20-9-6-10-21-18)24-28(26,27)15-12-22-14-8-5-4-7-13(14)15/h4-12,22,24H,1-3H3. The SMILES string of the molecule is CC(C)(C)c1cc(NS(=O)(=O)c2c[nH]c3ccccc23)n(-c2ncccn2)n1. The van der Waals surface area contributed by atoms with Crippen molar-refractivity contribution in [2.24, 2.45) is 0 Å². The van der Waals surface area contributed by atoms with Crippen LogP contribution < -0.4 is 4.72 Å². The van der Waals surface area contributed by atoms with E-state index in [0.29, 0.717) is 5.39 Å². The number of fused-ring (bicyclic) bond motifs is 1. The summed E-state index contributed by atoms with van der Waals surface area (Å²) in [6, 6.07) is 10.6. The largest absolute Gasteiger partial charge is 0.360 e. The Hall–Kier alpha value is -3.20. The minimum atomic E-state index is -3.86. The summed E-state index contributed by atoms with van der Waals surface area (Å²) >= 11 is 0. The topological polar surface area (TPSA) is 106 Å². The molecule has 144 valence electrons. The fourth-order valence-electron chi connectivity index (χ4n) is 2.83. The van der Waals surface area contributed by atoms with Crippen molar-refractivity contribution in [2.45, 2.75) is 31.1 Å². The van der Waals surface area contributed by atoms with E-state index in [0.717, 1.165) is 11.2 Å². The van der Waals surface area contributed by atoms with Crippen LogP contribution in [0.25, 0.3) is 16.9 Å². The fourth-order valence-corrected chi connectivity index (χ4v) is 4.05. The van der Waals surface area contributed by atoms with Crippen LogP contribution in [-0.2, 0) is 15.4 Å². The smallest absolute Gasteiger partial charge is 0.265 e. The van der Waals surface area contributed by atoms with E-state index in [-0.39, 0.29) is 22.1 Å². The van der Waals surface area contributed by atoms with Gasteiger partial charge in [0.15, 0.2) is 0 Å². The maximum atomic E-state index is 13.1. The van der Waals surface area contributed by atoms with Gasteiger partial charge in [-0.3, -0.25) is 4.72 Å². The van der Waals surface area contributed by atoms with Crippen molar-refractivity contribution in [3.63, 3.8) is 0 Å². The predicted octanol–water partition coefficient (Wildman–Crippen LogP) is 3.24. The van der Waals surface area contributed by atoms with Crippen LogP contribution in [0.15, 0.2) is 59.9 Å². The summed E-state index contributed by atoms with van der Waals surface area (Å²) in [5.41, 5.74) is 1.19. The molecule has 0 fully saturated rings. The Kier molecular flexibility index (Phi) is 4.19. The van der Waals surface area contributed by atoms with Crippen molar-refractivity contribution in [1.82, 2.24) is 24.7 Å². The second kappa shape index (κ2) is 6.45. The Morgan fingerprint density at radius 3 is 2.50 bits per heavy atom. The van der Waals surface area contributed by atoms with Crippen LogP contribution in [0.3, 0.4) is 0 Å². The fraction of sp³-hybridized carbons (Fsp3) is 0.211. The van der Waals surface area contributed by atoms with E-state index in [4.69, 9.17) is 0 Å². The number of para-hydroxylation sites is 1. The lowest BCUT2D eigenvalue weighted by Crippen LogP contribution is -2.16. The first-order valence-electron chi connectivity index (χ1n) is 8.72. The number of anilines is 1. The van der Waals surface area contributed by atoms with Gasteiger partial charge in [0.05, 0.1) is 5.69 Å². The molecule has 0 spiro atoms. The highest BCUT2D eigenvalue weighted by molar-refractivity contribution is 7.93. The lowest BCUT2D eigenvalue weighted by molar-refractivity contribution is 0.558. The summed E-state index contributed by atoms with van der Waals surface area (Å²) in [5.74, 6) is 0.566. The first-order valence-corrected chi connectivity index (χ1v) is 10.2. The average molecular weight is 396 g/mol. The maximum Gasteiger partial charge on any atom is 0.265 e. The molecule has 0 radical (unpaired) electrons. The number of H-pyrrole nitrogens is 1. The van der Waals surface area contributed by atoms with Crippen LogP contribution in [0.5, 0.6) is 0 Å². The highest BCUT2D eigenvalue weighted by atomic mass is 32.2. The summed E-state index contributed by atoms with van der Waals surface area (Å²) in [6.07, 6.45) is 4.65.